The zero-order valence-corrected chi connectivity index (χ0v) is 8.77. The van der Waals surface area contributed by atoms with Crippen molar-refractivity contribution in [2.24, 2.45) is 0 Å². The van der Waals surface area contributed by atoms with E-state index in [1.807, 2.05) is 11.8 Å². The van der Waals surface area contributed by atoms with E-state index in [4.69, 9.17) is 4.74 Å². The Balaban J connectivity index is 2.11. The zero-order valence-electron chi connectivity index (χ0n) is 7.95. The van der Waals surface area contributed by atoms with Crippen molar-refractivity contribution in [1.29, 1.82) is 0 Å². The Morgan fingerprint density at radius 3 is 2.25 bits per heavy atom. The molecule has 12 heavy (non-hydrogen) atoms. The Bertz CT molecular complexity index is 102. The summed E-state index contributed by atoms with van der Waals surface area (Å²) in [6.07, 6.45) is 2.15. The molecule has 0 aromatic carbocycles. The molecule has 0 amide bonds. The molecule has 1 aliphatic heterocycles. The van der Waals surface area contributed by atoms with Crippen LogP contribution in [0.25, 0.3) is 0 Å². The number of thioether (sulfide) groups is 1. The van der Waals surface area contributed by atoms with Crippen molar-refractivity contribution in [2.75, 3.05) is 52.2 Å². The fraction of sp³-hybridized carbons (Fsp3) is 1.00. The minimum atomic E-state index is 0.785. The van der Waals surface area contributed by atoms with Crippen molar-refractivity contribution in [2.45, 2.75) is 0 Å². The monoisotopic (exact) mass is 190 g/mol. The average molecular weight is 190 g/mol. The molecule has 0 aliphatic carbocycles. The lowest BCUT2D eigenvalue weighted by molar-refractivity contribution is 0.0315. The maximum atomic E-state index is 5.08. The van der Waals surface area contributed by atoms with Crippen LogP contribution in [0.4, 0.5) is 0 Å². The first-order valence-corrected chi connectivity index (χ1v) is 5.69. The Kier molecular flexibility index (Phi) is 4.99. The molecule has 0 N–H and O–H groups in total. The minimum Gasteiger partial charge on any atom is -0.369 e. The second-order valence-corrected chi connectivity index (χ2v) is 3.91. The van der Waals surface area contributed by atoms with Crippen LogP contribution in [0.3, 0.4) is 0 Å². The van der Waals surface area contributed by atoms with Gasteiger partial charge in [-0.05, 0) is 6.26 Å². The summed E-state index contributed by atoms with van der Waals surface area (Å²) in [7, 11) is 1.76. The lowest BCUT2D eigenvalue weighted by atomic mass is 10.3. The molecule has 0 aromatic rings. The highest BCUT2D eigenvalue weighted by Gasteiger charge is 2.14. The standard InChI is InChI=1S/C8H18N2OS/c1-11-7-9-3-5-10(6-4-9)8-12-2/h3-8H2,1-2H3. The third-order valence-electron chi connectivity index (χ3n) is 2.09. The molecule has 0 atom stereocenters. The number of hydrogen-bond donors (Lipinski definition) is 0. The van der Waals surface area contributed by atoms with Gasteiger partial charge in [0, 0.05) is 39.2 Å². The molecular formula is C8H18N2OS. The first-order valence-electron chi connectivity index (χ1n) is 4.29. The van der Waals surface area contributed by atoms with Gasteiger partial charge in [0.25, 0.3) is 0 Å². The van der Waals surface area contributed by atoms with Crippen LogP contribution in [-0.4, -0.2) is 62.0 Å². The molecule has 1 rings (SSSR count). The van der Waals surface area contributed by atoms with Crippen LogP contribution in [0.15, 0.2) is 0 Å². The molecule has 0 radical (unpaired) electrons. The number of hydrogen-bond acceptors (Lipinski definition) is 4. The number of piperazine rings is 1. The van der Waals surface area contributed by atoms with Gasteiger partial charge >= 0.3 is 0 Å². The van der Waals surface area contributed by atoms with Gasteiger partial charge in [0.2, 0.25) is 0 Å². The molecule has 1 fully saturated rings. The molecule has 1 saturated heterocycles. The molecule has 0 saturated carbocycles. The normalized spacial score (nSPS) is 21.5. The lowest BCUT2D eigenvalue weighted by Crippen LogP contribution is -2.46. The molecular weight excluding hydrogens is 172 g/mol. The van der Waals surface area contributed by atoms with Gasteiger partial charge < -0.3 is 4.74 Å². The number of nitrogens with zero attached hydrogens (tertiary/aromatic N) is 2. The molecule has 0 bridgehead atoms. The average Bonchev–Trinajstić information content (AvgIpc) is 2.09. The van der Waals surface area contributed by atoms with E-state index in [-0.39, 0.29) is 0 Å². The van der Waals surface area contributed by atoms with Gasteiger partial charge in [-0.1, -0.05) is 0 Å². The summed E-state index contributed by atoms with van der Waals surface area (Å²) in [5.74, 6) is 1.17. The molecule has 1 heterocycles. The smallest absolute Gasteiger partial charge is 0.0987 e. The topological polar surface area (TPSA) is 15.7 Å². The maximum absolute atomic E-state index is 5.08. The molecule has 0 spiro atoms. The van der Waals surface area contributed by atoms with Crippen LogP contribution in [0.2, 0.25) is 0 Å². The quantitative estimate of drug-likeness (QED) is 0.642. The van der Waals surface area contributed by atoms with Crippen molar-refractivity contribution < 1.29 is 4.74 Å². The third kappa shape index (κ3) is 3.31. The Hall–Kier alpha value is 0.230. The highest BCUT2D eigenvalue weighted by molar-refractivity contribution is 7.98. The van der Waals surface area contributed by atoms with Crippen LogP contribution in [0.1, 0.15) is 0 Å². The Labute approximate surface area is 79.0 Å². The van der Waals surface area contributed by atoms with E-state index in [1.54, 1.807) is 7.11 Å². The van der Waals surface area contributed by atoms with Gasteiger partial charge in [0.1, 0.15) is 0 Å². The predicted molar refractivity (Wildman–Crippen MR) is 53.4 cm³/mol. The summed E-state index contributed by atoms with van der Waals surface area (Å²) in [6.45, 7) is 5.45. The van der Waals surface area contributed by atoms with Crippen molar-refractivity contribution in [3.05, 3.63) is 0 Å². The zero-order chi connectivity index (χ0) is 8.81. The predicted octanol–water partition coefficient (Wildman–Crippen LogP) is 0.528. The summed E-state index contributed by atoms with van der Waals surface area (Å²) < 4.78 is 5.08. The first kappa shape index (κ1) is 10.3. The molecule has 1 aliphatic rings. The minimum absolute atomic E-state index is 0.785. The van der Waals surface area contributed by atoms with Gasteiger partial charge in [0.15, 0.2) is 0 Å². The van der Waals surface area contributed by atoms with Crippen LogP contribution in [-0.2, 0) is 4.74 Å². The van der Waals surface area contributed by atoms with E-state index < -0.39 is 0 Å². The highest BCUT2D eigenvalue weighted by Crippen LogP contribution is 2.04. The third-order valence-corrected chi connectivity index (χ3v) is 2.71. The lowest BCUT2D eigenvalue weighted by Gasteiger charge is -2.33. The van der Waals surface area contributed by atoms with Gasteiger partial charge in [-0.15, -0.1) is 11.8 Å². The van der Waals surface area contributed by atoms with E-state index in [0.29, 0.717) is 0 Å². The Morgan fingerprint density at radius 2 is 1.75 bits per heavy atom. The molecule has 0 aromatic heterocycles. The van der Waals surface area contributed by atoms with E-state index >= 15 is 0 Å². The van der Waals surface area contributed by atoms with Crippen LogP contribution < -0.4 is 0 Å². The van der Waals surface area contributed by atoms with Crippen molar-refractivity contribution >= 4 is 11.8 Å². The first-order chi connectivity index (χ1) is 5.86. The summed E-state index contributed by atoms with van der Waals surface area (Å²) in [5.41, 5.74) is 0. The molecule has 72 valence electrons. The molecule has 0 unspecified atom stereocenters. The highest BCUT2D eigenvalue weighted by atomic mass is 32.2. The van der Waals surface area contributed by atoms with Gasteiger partial charge in [-0.25, -0.2) is 0 Å². The number of methoxy groups -OCH3 is 1. The van der Waals surface area contributed by atoms with E-state index in [9.17, 15) is 0 Å². The van der Waals surface area contributed by atoms with Gasteiger partial charge in [0.05, 0.1) is 6.73 Å². The second kappa shape index (κ2) is 5.80. The summed E-state index contributed by atoms with van der Waals surface area (Å²) in [4.78, 5) is 4.83. The largest absolute Gasteiger partial charge is 0.369 e. The van der Waals surface area contributed by atoms with Crippen LogP contribution in [0, 0.1) is 0 Å². The molecule has 4 heteroatoms. The van der Waals surface area contributed by atoms with Crippen molar-refractivity contribution in [1.82, 2.24) is 9.80 Å². The summed E-state index contributed by atoms with van der Waals surface area (Å²) in [5, 5.41) is 0. The summed E-state index contributed by atoms with van der Waals surface area (Å²) in [6, 6.07) is 0. The van der Waals surface area contributed by atoms with Crippen LogP contribution >= 0.6 is 11.8 Å². The number of rotatable bonds is 4. The number of ether oxygens (including phenoxy) is 1. The Morgan fingerprint density at radius 1 is 1.17 bits per heavy atom. The second-order valence-electron chi connectivity index (χ2n) is 3.07. The SMILES string of the molecule is COCN1CCN(CSC)CC1. The van der Waals surface area contributed by atoms with Crippen molar-refractivity contribution in [3.63, 3.8) is 0 Å². The van der Waals surface area contributed by atoms with E-state index in [1.165, 1.54) is 19.0 Å². The maximum Gasteiger partial charge on any atom is 0.0987 e. The fourth-order valence-electron chi connectivity index (χ4n) is 1.41. The fourth-order valence-corrected chi connectivity index (χ4v) is 2.04. The van der Waals surface area contributed by atoms with Gasteiger partial charge in [-0.2, -0.15) is 0 Å². The van der Waals surface area contributed by atoms with E-state index in [2.05, 4.69) is 16.1 Å². The van der Waals surface area contributed by atoms with Crippen molar-refractivity contribution in [3.8, 4) is 0 Å². The van der Waals surface area contributed by atoms with Crippen LogP contribution in [0.5, 0.6) is 0 Å². The van der Waals surface area contributed by atoms with Gasteiger partial charge in [-0.3, -0.25) is 9.80 Å². The van der Waals surface area contributed by atoms with E-state index in [0.717, 1.165) is 19.8 Å². The summed E-state index contributed by atoms with van der Waals surface area (Å²) >= 11 is 1.90. The molecule has 3 nitrogen and oxygen atoms in total.